The number of nitrogens with one attached hydrogen (secondary N) is 1. The number of ether oxygens (including phenoxy) is 1. The van der Waals surface area contributed by atoms with Crippen molar-refractivity contribution in [1.82, 2.24) is 4.90 Å². The molecule has 0 aliphatic carbocycles. The Kier molecular flexibility index (Phi) is 2.88. The van der Waals surface area contributed by atoms with Crippen LogP contribution in [-0.4, -0.2) is 76.7 Å². The van der Waals surface area contributed by atoms with Gasteiger partial charge in [-0.25, -0.2) is 14.4 Å². The summed E-state index contributed by atoms with van der Waals surface area (Å²) in [6.07, 6.45) is -2.07. The van der Waals surface area contributed by atoms with E-state index in [1.54, 1.807) is 0 Å². The van der Waals surface area contributed by atoms with Gasteiger partial charge in [-0.15, -0.1) is 0 Å². The molecule has 1 fully saturated rings. The van der Waals surface area contributed by atoms with E-state index in [1.807, 2.05) is 0 Å². The van der Waals surface area contributed by atoms with Crippen molar-refractivity contribution >= 4 is 24.3 Å². The fourth-order valence-electron chi connectivity index (χ4n) is 2.24. The molecule has 3 N–H and O–H groups in total. The van der Waals surface area contributed by atoms with E-state index in [2.05, 4.69) is 15.0 Å². The highest BCUT2D eigenvalue weighted by molar-refractivity contribution is 6.20. The van der Waals surface area contributed by atoms with Gasteiger partial charge in [0.25, 0.3) is 0 Å². The molecule has 3 heterocycles. The molecule has 0 amide bonds. The van der Waals surface area contributed by atoms with Crippen LogP contribution in [0.25, 0.3) is 0 Å². The molecule has 3 aliphatic heterocycles. The standard InChI is InChI=1S/C10H12FN5O3/c11-1-4-6(17)7(18)10(19-4)16-3-15-5-8(12)13-2-14-9(5)16/h2-7,10,12,17-18H,1H2/t4-,5-,6-,7+,10+/m0/s1. The molecule has 0 aromatic carbocycles. The summed E-state index contributed by atoms with van der Waals surface area (Å²) in [5.74, 6) is 0.398. The zero-order valence-corrected chi connectivity index (χ0v) is 9.72. The number of rotatable bonds is 2. The van der Waals surface area contributed by atoms with Crippen molar-refractivity contribution in [2.75, 3.05) is 6.67 Å². The first-order valence-corrected chi connectivity index (χ1v) is 5.71. The molecule has 3 aliphatic rings. The molecule has 5 atom stereocenters. The second-order valence-corrected chi connectivity index (χ2v) is 4.39. The normalized spacial score (nSPS) is 40.8. The molecular formula is C10H12FN5O3. The Morgan fingerprint density at radius 1 is 1.42 bits per heavy atom. The minimum Gasteiger partial charge on any atom is -0.387 e. The van der Waals surface area contributed by atoms with Gasteiger partial charge in [-0.2, -0.15) is 0 Å². The SMILES string of the molecule is N=C1N=CN=C2[C@H]1N=CN2[C@@H]1O[C@@H](CF)[C@H](O)[C@H]1O. The molecule has 0 saturated carbocycles. The van der Waals surface area contributed by atoms with Crippen molar-refractivity contribution in [3.05, 3.63) is 0 Å². The lowest BCUT2D eigenvalue weighted by atomic mass is 10.1. The number of aliphatic hydroxyl groups is 2. The summed E-state index contributed by atoms with van der Waals surface area (Å²) in [6.45, 7) is -0.896. The van der Waals surface area contributed by atoms with Crippen molar-refractivity contribution in [3.63, 3.8) is 0 Å². The Balaban J connectivity index is 1.85. The quantitative estimate of drug-likeness (QED) is 0.568. The molecule has 1 saturated heterocycles. The maximum atomic E-state index is 12.6. The third-order valence-corrected chi connectivity index (χ3v) is 3.26. The van der Waals surface area contributed by atoms with Gasteiger partial charge in [-0.05, 0) is 0 Å². The van der Waals surface area contributed by atoms with Gasteiger partial charge in [-0.1, -0.05) is 0 Å². The van der Waals surface area contributed by atoms with Gasteiger partial charge in [-0.3, -0.25) is 15.3 Å². The van der Waals surface area contributed by atoms with Crippen molar-refractivity contribution in [1.29, 1.82) is 5.41 Å². The summed E-state index contributed by atoms with van der Waals surface area (Å²) < 4.78 is 17.9. The maximum Gasteiger partial charge on any atom is 0.168 e. The summed E-state index contributed by atoms with van der Waals surface area (Å²) in [7, 11) is 0. The highest BCUT2D eigenvalue weighted by atomic mass is 19.1. The van der Waals surface area contributed by atoms with E-state index in [4.69, 9.17) is 10.1 Å². The van der Waals surface area contributed by atoms with E-state index in [-0.39, 0.29) is 5.84 Å². The van der Waals surface area contributed by atoms with Crippen molar-refractivity contribution < 1.29 is 19.3 Å². The summed E-state index contributed by atoms with van der Waals surface area (Å²) in [5, 5.41) is 27.1. The monoisotopic (exact) mass is 269 g/mol. The van der Waals surface area contributed by atoms with Crippen LogP contribution in [-0.2, 0) is 4.74 Å². The van der Waals surface area contributed by atoms with Gasteiger partial charge < -0.3 is 14.9 Å². The summed E-state index contributed by atoms with van der Waals surface area (Å²) in [6, 6.07) is -0.637. The Labute approximate surface area is 107 Å². The Hall–Kier alpha value is -1.71. The van der Waals surface area contributed by atoms with E-state index in [9.17, 15) is 14.6 Å². The second-order valence-electron chi connectivity index (χ2n) is 4.39. The van der Waals surface area contributed by atoms with Crippen LogP contribution < -0.4 is 0 Å². The number of nitrogens with zero attached hydrogens (tertiary/aromatic N) is 4. The number of halogens is 1. The highest BCUT2D eigenvalue weighted by Crippen LogP contribution is 2.27. The fraction of sp³-hybridized carbons (Fsp3) is 0.600. The average Bonchev–Trinajstić information content (AvgIpc) is 2.94. The van der Waals surface area contributed by atoms with Gasteiger partial charge in [0.05, 0.1) is 6.34 Å². The highest BCUT2D eigenvalue weighted by Gasteiger charge is 2.48. The lowest BCUT2D eigenvalue weighted by Crippen LogP contribution is -2.48. The van der Waals surface area contributed by atoms with Gasteiger partial charge in [0.15, 0.2) is 18.1 Å². The summed E-state index contributed by atoms with van der Waals surface area (Å²) in [5.41, 5.74) is 0. The van der Waals surface area contributed by atoms with Gasteiger partial charge >= 0.3 is 0 Å². The molecule has 0 aromatic rings. The van der Waals surface area contributed by atoms with E-state index in [0.29, 0.717) is 5.84 Å². The molecule has 102 valence electrons. The summed E-state index contributed by atoms with van der Waals surface area (Å²) in [4.78, 5) is 13.2. The first-order chi connectivity index (χ1) is 9.13. The average molecular weight is 269 g/mol. The minimum atomic E-state index is -1.31. The van der Waals surface area contributed by atoms with Crippen LogP contribution in [0.2, 0.25) is 0 Å². The van der Waals surface area contributed by atoms with E-state index >= 15 is 0 Å². The Bertz CT molecular complexity index is 494. The number of hydrogen-bond acceptors (Lipinski definition) is 7. The van der Waals surface area contributed by atoms with Crippen LogP contribution in [0.4, 0.5) is 4.39 Å². The first kappa shape index (κ1) is 12.3. The van der Waals surface area contributed by atoms with E-state index in [0.717, 1.165) is 0 Å². The molecule has 8 nitrogen and oxygen atoms in total. The fourth-order valence-corrected chi connectivity index (χ4v) is 2.24. The zero-order valence-electron chi connectivity index (χ0n) is 9.72. The largest absolute Gasteiger partial charge is 0.387 e. The van der Waals surface area contributed by atoms with Crippen molar-refractivity contribution in [3.8, 4) is 0 Å². The lowest BCUT2D eigenvalue weighted by Gasteiger charge is -2.27. The Morgan fingerprint density at radius 3 is 2.89 bits per heavy atom. The minimum absolute atomic E-state index is 0.0267. The van der Waals surface area contributed by atoms with Crippen LogP contribution in [0.3, 0.4) is 0 Å². The number of amidine groups is 2. The molecule has 0 radical (unpaired) electrons. The van der Waals surface area contributed by atoms with Gasteiger partial charge in [0.1, 0.15) is 37.2 Å². The van der Waals surface area contributed by atoms with Gasteiger partial charge in [0.2, 0.25) is 0 Å². The van der Waals surface area contributed by atoms with Crippen LogP contribution in [0.15, 0.2) is 15.0 Å². The smallest absolute Gasteiger partial charge is 0.168 e. The van der Waals surface area contributed by atoms with E-state index in [1.165, 1.54) is 17.6 Å². The molecule has 9 heteroatoms. The van der Waals surface area contributed by atoms with Crippen LogP contribution in [0, 0.1) is 5.41 Å². The van der Waals surface area contributed by atoms with Crippen LogP contribution in [0.5, 0.6) is 0 Å². The summed E-state index contributed by atoms with van der Waals surface area (Å²) >= 11 is 0. The predicted molar refractivity (Wildman–Crippen MR) is 64.4 cm³/mol. The molecule has 3 rings (SSSR count). The molecule has 0 bridgehead atoms. The Morgan fingerprint density at radius 2 is 2.21 bits per heavy atom. The first-order valence-electron chi connectivity index (χ1n) is 5.71. The molecule has 0 unspecified atom stereocenters. The zero-order chi connectivity index (χ0) is 13.6. The van der Waals surface area contributed by atoms with Crippen molar-refractivity contribution in [2.24, 2.45) is 15.0 Å². The van der Waals surface area contributed by atoms with Crippen molar-refractivity contribution in [2.45, 2.75) is 30.6 Å². The molecule has 0 aromatic heterocycles. The van der Waals surface area contributed by atoms with Gasteiger partial charge in [0, 0.05) is 0 Å². The number of aliphatic imine (C=N–C) groups is 3. The third kappa shape index (κ3) is 1.78. The molecule has 19 heavy (non-hydrogen) atoms. The maximum absolute atomic E-state index is 12.6. The number of hydrogen-bond donors (Lipinski definition) is 3. The number of fused-ring (bicyclic) bond motifs is 1. The number of aliphatic hydroxyl groups excluding tert-OH is 2. The predicted octanol–water partition coefficient (Wildman–Crippen LogP) is -1.47. The van der Waals surface area contributed by atoms with Crippen LogP contribution >= 0.6 is 0 Å². The second kappa shape index (κ2) is 4.44. The molecular weight excluding hydrogens is 257 g/mol. The molecule has 0 spiro atoms. The number of alkyl halides is 1. The van der Waals surface area contributed by atoms with Crippen LogP contribution in [0.1, 0.15) is 0 Å². The third-order valence-electron chi connectivity index (χ3n) is 3.26. The lowest BCUT2D eigenvalue weighted by molar-refractivity contribution is -0.0410. The van der Waals surface area contributed by atoms with E-state index < -0.39 is 37.3 Å². The topological polar surface area (TPSA) is 114 Å².